The SMILES string of the molecule is CC[C@H](C)N(CCc1nc(-c2ccc(OC)cc2)no1)C(=O)C1CC1. The summed E-state index contributed by atoms with van der Waals surface area (Å²) in [4.78, 5) is 18.9. The van der Waals surface area contributed by atoms with Crippen molar-refractivity contribution >= 4 is 5.91 Å². The van der Waals surface area contributed by atoms with Crippen LogP contribution >= 0.6 is 0 Å². The molecule has 0 unspecified atom stereocenters. The zero-order valence-electron chi connectivity index (χ0n) is 15.1. The molecule has 0 N–H and O–H groups in total. The van der Waals surface area contributed by atoms with Gasteiger partial charge in [0.1, 0.15) is 5.75 Å². The van der Waals surface area contributed by atoms with Gasteiger partial charge in [0.05, 0.1) is 7.11 Å². The molecule has 1 aliphatic carbocycles. The molecule has 0 aliphatic heterocycles. The molecule has 134 valence electrons. The highest BCUT2D eigenvalue weighted by Crippen LogP contribution is 2.32. The summed E-state index contributed by atoms with van der Waals surface area (Å²) >= 11 is 0. The van der Waals surface area contributed by atoms with Crippen molar-refractivity contribution in [2.45, 2.75) is 45.6 Å². The molecule has 1 atom stereocenters. The van der Waals surface area contributed by atoms with Gasteiger partial charge in [0.15, 0.2) is 0 Å². The summed E-state index contributed by atoms with van der Waals surface area (Å²) in [5.41, 5.74) is 0.878. The van der Waals surface area contributed by atoms with Crippen molar-refractivity contribution in [2.75, 3.05) is 13.7 Å². The maximum absolute atomic E-state index is 12.5. The van der Waals surface area contributed by atoms with E-state index < -0.39 is 0 Å². The van der Waals surface area contributed by atoms with Crippen molar-refractivity contribution in [3.05, 3.63) is 30.2 Å². The number of aromatic nitrogens is 2. The van der Waals surface area contributed by atoms with E-state index in [0.29, 0.717) is 24.7 Å². The maximum atomic E-state index is 12.5. The van der Waals surface area contributed by atoms with Gasteiger partial charge in [0.25, 0.3) is 0 Å². The first-order valence-electron chi connectivity index (χ1n) is 8.89. The van der Waals surface area contributed by atoms with Gasteiger partial charge >= 0.3 is 0 Å². The van der Waals surface area contributed by atoms with Gasteiger partial charge in [-0.1, -0.05) is 12.1 Å². The molecule has 1 aromatic carbocycles. The molecule has 1 amide bonds. The van der Waals surface area contributed by atoms with Crippen LogP contribution in [0.2, 0.25) is 0 Å². The first-order chi connectivity index (χ1) is 12.1. The zero-order valence-corrected chi connectivity index (χ0v) is 15.1. The van der Waals surface area contributed by atoms with E-state index in [9.17, 15) is 4.79 Å². The molecule has 0 saturated heterocycles. The Bertz CT molecular complexity index is 707. The Morgan fingerprint density at radius 2 is 2.08 bits per heavy atom. The van der Waals surface area contributed by atoms with Crippen LogP contribution in [0, 0.1) is 5.92 Å². The summed E-state index contributed by atoms with van der Waals surface area (Å²) in [6.07, 6.45) is 3.56. The third kappa shape index (κ3) is 4.18. The molecular weight excluding hydrogens is 318 g/mol. The highest BCUT2D eigenvalue weighted by Gasteiger charge is 2.34. The van der Waals surface area contributed by atoms with Crippen molar-refractivity contribution in [3.63, 3.8) is 0 Å². The molecule has 1 saturated carbocycles. The largest absolute Gasteiger partial charge is 0.497 e. The predicted molar refractivity (Wildman–Crippen MR) is 94.2 cm³/mol. The number of ether oxygens (including phenoxy) is 1. The summed E-state index contributed by atoms with van der Waals surface area (Å²) in [6, 6.07) is 7.76. The Morgan fingerprint density at radius 1 is 1.36 bits per heavy atom. The smallest absolute Gasteiger partial charge is 0.228 e. The van der Waals surface area contributed by atoms with Crippen molar-refractivity contribution < 1.29 is 14.1 Å². The average Bonchev–Trinajstić information content (AvgIpc) is 3.40. The molecule has 0 bridgehead atoms. The Labute approximate surface area is 148 Å². The van der Waals surface area contributed by atoms with Crippen LogP contribution in [0.25, 0.3) is 11.4 Å². The van der Waals surface area contributed by atoms with Crippen molar-refractivity contribution in [3.8, 4) is 17.1 Å². The minimum atomic E-state index is 0.228. The van der Waals surface area contributed by atoms with Gasteiger partial charge in [-0.25, -0.2) is 0 Å². The van der Waals surface area contributed by atoms with Crippen LogP contribution in [0.5, 0.6) is 5.75 Å². The van der Waals surface area contributed by atoms with Gasteiger partial charge in [-0.3, -0.25) is 4.79 Å². The minimum absolute atomic E-state index is 0.228. The van der Waals surface area contributed by atoms with E-state index >= 15 is 0 Å². The van der Waals surface area contributed by atoms with Crippen molar-refractivity contribution in [1.82, 2.24) is 15.0 Å². The predicted octanol–water partition coefficient (Wildman–Crippen LogP) is 3.32. The fourth-order valence-corrected chi connectivity index (χ4v) is 2.76. The Kier molecular flexibility index (Phi) is 5.36. The van der Waals surface area contributed by atoms with E-state index in [1.54, 1.807) is 7.11 Å². The van der Waals surface area contributed by atoms with Crippen LogP contribution in [0.4, 0.5) is 0 Å². The maximum Gasteiger partial charge on any atom is 0.228 e. The first kappa shape index (κ1) is 17.5. The molecule has 6 heteroatoms. The summed E-state index contributed by atoms with van der Waals surface area (Å²) in [5.74, 6) is 2.40. The highest BCUT2D eigenvalue weighted by molar-refractivity contribution is 5.81. The molecule has 0 radical (unpaired) electrons. The Morgan fingerprint density at radius 3 is 2.68 bits per heavy atom. The average molecular weight is 343 g/mol. The fraction of sp³-hybridized carbons (Fsp3) is 0.526. The zero-order chi connectivity index (χ0) is 17.8. The van der Waals surface area contributed by atoms with Gasteiger partial charge < -0.3 is 14.2 Å². The molecule has 3 rings (SSSR count). The second-order valence-corrected chi connectivity index (χ2v) is 6.55. The van der Waals surface area contributed by atoms with Crippen LogP contribution in [0.15, 0.2) is 28.8 Å². The molecule has 25 heavy (non-hydrogen) atoms. The molecule has 0 spiro atoms. The summed E-state index contributed by atoms with van der Waals surface area (Å²) in [6.45, 7) is 4.82. The third-order valence-corrected chi connectivity index (χ3v) is 4.72. The van der Waals surface area contributed by atoms with E-state index in [4.69, 9.17) is 9.26 Å². The van der Waals surface area contributed by atoms with E-state index in [1.165, 1.54) is 0 Å². The fourth-order valence-electron chi connectivity index (χ4n) is 2.76. The van der Waals surface area contributed by atoms with Crippen molar-refractivity contribution in [2.24, 2.45) is 5.92 Å². The van der Waals surface area contributed by atoms with Crippen LogP contribution in [-0.4, -0.2) is 40.6 Å². The molecule has 6 nitrogen and oxygen atoms in total. The topological polar surface area (TPSA) is 68.5 Å². The summed E-state index contributed by atoms with van der Waals surface area (Å²) < 4.78 is 10.5. The molecule has 2 aromatic rings. The molecule has 1 aromatic heterocycles. The molecular formula is C19H25N3O3. The van der Waals surface area contributed by atoms with Crippen LogP contribution in [0.3, 0.4) is 0 Å². The molecule has 1 heterocycles. The lowest BCUT2D eigenvalue weighted by atomic mass is 10.2. The second-order valence-electron chi connectivity index (χ2n) is 6.55. The van der Waals surface area contributed by atoms with Gasteiger partial charge in [-0.05, 0) is 50.5 Å². The monoisotopic (exact) mass is 343 g/mol. The summed E-state index contributed by atoms with van der Waals surface area (Å²) in [7, 11) is 1.63. The quantitative estimate of drug-likeness (QED) is 0.735. The van der Waals surface area contributed by atoms with Gasteiger partial charge in [0.2, 0.25) is 17.6 Å². The van der Waals surface area contributed by atoms with Crippen molar-refractivity contribution in [1.29, 1.82) is 0 Å². The molecule has 1 aliphatic rings. The number of hydrogen-bond donors (Lipinski definition) is 0. The molecule has 1 fully saturated rings. The number of carbonyl (C=O) groups is 1. The highest BCUT2D eigenvalue weighted by atomic mass is 16.5. The van der Waals surface area contributed by atoms with Crippen LogP contribution < -0.4 is 4.74 Å². The first-order valence-corrected chi connectivity index (χ1v) is 8.89. The van der Waals surface area contributed by atoms with E-state index in [1.807, 2.05) is 29.2 Å². The normalized spacial score (nSPS) is 15.0. The second kappa shape index (κ2) is 7.68. The number of amides is 1. The third-order valence-electron chi connectivity index (χ3n) is 4.72. The lowest BCUT2D eigenvalue weighted by molar-refractivity contribution is -0.134. The summed E-state index contributed by atoms with van der Waals surface area (Å²) in [5, 5.41) is 4.05. The number of hydrogen-bond acceptors (Lipinski definition) is 5. The lowest BCUT2D eigenvalue weighted by Gasteiger charge is -2.28. The van der Waals surface area contributed by atoms with Gasteiger partial charge in [-0.2, -0.15) is 4.98 Å². The Hall–Kier alpha value is -2.37. The standard InChI is InChI=1S/C19H25N3O3/c1-4-13(2)22(19(23)15-5-6-15)12-11-17-20-18(21-25-17)14-7-9-16(24-3)10-8-14/h7-10,13,15H,4-6,11-12H2,1-3H3/t13-/m0/s1. The van der Waals surface area contributed by atoms with Gasteiger partial charge in [0, 0.05) is 30.5 Å². The van der Waals surface area contributed by atoms with Crippen LogP contribution in [-0.2, 0) is 11.2 Å². The number of benzene rings is 1. The van der Waals surface area contributed by atoms with E-state index in [0.717, 1.165) is 30.6 Å². The van der Waals surface area contributed by atoms with Gasteiger partial charge in [-0.15, -0.1) is 0 Å². The number of carbonyl (C=O) groups excluding carboxylic acids is 1. The van der Waals surface area contributed by atoms with Crippen LogP contribution in [0.1, 0.15) is 39.0 Å². The van der Waals surface area contributed by atoms with E-state index in [2.05, 4.69) is 24.0 Å². The minimum Gasteiger partial charge on any atom is -0.497 e. The number of methoxy groups -OCH3 is 1. The number of nitrogens with zero attached hydrogens (tertiary/aromatic N) is 3. The van der Waals surface area contributed by atoms with E-state index in [-0.39, 0.29) is 17.9 Å². The Balaban J connectivity index is 1.64. The lowest BCUT2D eigenvalue weighted by Crippen LogP contribution is -2.40. The number of rotatable bonds is 8.